The van der Waals surface area contributed by atoms with Crippen molar-refractivity contribution in [2.45, 2.75) is 40.0 Å². The molecule has 12 heavy (non-hydrogen) atoms. The Balaban J connectivity index is 2.64. The molecule has 0 heterocycles. The first-order valence-electron chi connectivity index (χ1n) is 5.11. The van der Waals surface area contributed by atoms with Gasteiger partial charge in [-0.15, -0.1) is 0 Å². The molecule has 0 aromatic heterocycles. The van der Waals surface area contributed by atoms with E-state index in [0.29, 0.717) is 0 Å². The van der Waals surface area contributed by atoms with Gasteiger partial charge in [-0.3, -0.25) is 0 Å². The van der Waals surface area contributed by atoms with Crippen molar-refractivity contribution in [3.05, 3.63) is 23.8 Å². The summed E-state index contributed by atoms with van der Waals surface area (Å²) in [5, 5.41) is 0. The maximum Gasteiger partial charge on any atom is -0.0180 e. The Bertz CT molecular complexity index is 184. The van der Waals surface area contributed by atoms with Gasteiger partial charge in [0.05, 0.1) is 0 Å². The number of allylic oxidation sites excluding steroid dienone is 4. The summed E-state index contributed by atoms with van der Waals surface area (Å²) in [6.07, 6.45) is 10.6. The second-order valence-electron chi connectivity index (χ2n) is 3.97. The third kappa shape index (κ3) is 2.23. The van der Waals surface area contributed by atoms with Crippen molar-refractivity contribution < 1.29 is 0 Å². The fourth-order valence-electron chi connectivity index (χ4n) is 2.09. The minimum absolute atomic E-state index is 0.799. The summed E-state index contributed by atoms with van der Waals surface area (Å²) in [5.74, 6) is 1.61. The van der Waals surface area contributed by atoms with E-state index < -0.39 is 0 Å². The molecule has 1 unspecified atom stereocenters. The molecule has 0 N–H and O–H groups in total. The lowest BCUT2D eigenvalue weighted by molar-refractivity contribution is 0.418. The molecule has 0 amide bonds. The van der Waals surface area contributed by atoms with E-state index in [4.69, 9.17) is 0 Å². The van der Waals surface area contributed by atoms with Crippen molar-refractivity contribution in [3.8, 4) is 0 Å². The highest BCUT2D eigenvalue weighted by Gasteiger charge is 2.15. The quantitative estimate of drug-likeness (QED) is 0.592. The second kappa shape index (κ2) is 4.49. The van der Waals surface area contributed by atoms with Gasteiger partial charge in [-0.05, 0) is 31.1 Å². The lowest BCUT2D eigenvalue weighted by Gasteiger charge is -2.23. The van der Waals surface area contributed by atoms with Crippen LogP contribution in [0.3, 0.4) is 0 Å². The van der Waals surface area contributed by atoms with Crippen LogP contribution in [0, 0.1) is 11.8 Å². The van der Waals surface area contributed by atoms with Crippen molar-refractivity contribution in [2.75, 3.05) is 0 Å². The van der Waals surface area contributed by atoms with Gasteiger partial charge in [0, 0.05) is 0 Å². The van der Waals surface area contributed by atoms with E-state index in [2.05, 4.69) is 39.0 Å². The first-order valence-corrected chi connectivity index (χ1v) is 5.11. The molecular formula is C12H20. The molecule has 0 nitrogen and oxygen atoms in total. The maximum absolute atomic E-state index is 2.33. The number of hydrogen-bond donors (Lipinski definition) is 0. The highest BCUT2D eigenvalue weighted by Crippen LogP contribution is 2.29. The van der Waals surface area contributed by atoms with Crippen molar-refractivity contribution in [1.82, 2.24) is 0 Å². The summed E-state index contributed by atoms with van der Waals surface area (Å²) < 4.78 is 0. The average Bonchev–Trinajstić information content (AvgIpc) is 2.07. The van der Waals surface area contributed by atoms with Crippen LogP contribution in [0.5, 0.6) is 0 Å². The van der Waals surface area contributed by atoms with Gasteiger partial charge in [0.2, 0.25) is 0 Å². The molecule has 0 aromatic carbocycles. The molecule has 0 aliphatic heterocycles. The summed E-state index contributed by atoms with van der Waals surface area (Å²) in [5.41, 5.74) is 1.66. The monoisotopic (exact) mass is 164 g/mol. The lowest BCUT2D eigenvalue weighted by atomic mass is 9.82. The predicted octanol–water partition coefficient (Wildman–Crippen LogP) is 3.95. The summed E-state index contributed by atoms with van der Waals surface area (Å²) in [6, 6.07) is 0. The summed E-state index contributed by atoms with van der Waals surface area (Å²) in [7, 11) is 0. The van der Waals surface area contributed by atoms with Crippen LogP contribution in [0.1, 0.15) is 40.0 Å². The standard InChI is InChI=1S/C12H20/c1-4-12(10(2)3)11-8-6-5-7-9-11/h5-6,8,10,12H,4,7,9H2,1-3H3. The van der Waals surface area contributed by atoms with Crippen LogP contribution in [0.2, 0.25) is 0 Å². The van der Waals surface area contributed by atoms with Crippen molar-refractivity contribution in [3.63, 3.8) is 0 Å². The topological polar surface area (TPSA) is 0 Å². The molecule has 0 bridgehead atoms. The molecule has 0 saturated carbocycles. The number of hydrogen-bond acceptors (Lipinski definition) is 0. The Hall–Kier alpha value is -0.520. The van der Waals surface area contributed by atoms with Crippen molar-refractivity contribution in [1.29, 1.82) is 0 Å². The number of rotatable bonds is 3. The first kappa shape index (κ1) is 9.57. The highest BCUT2D eigenvalue weighted by molar-refractivity contribution is 5.20. The first-order chi connectivity index (χ1) is 5.75. The molecule has 0 heteroatoms. The van der Waals surface area contributed by atoms with Gasteiger partial charge < -0.3 is 0 Å². The molecule has 0 fully saturated rings. The predicted molar refractivity (Wildman–Crippen MR) is 55.1 cm³/mol. The third-order valence-electron chi connectivity index (χ3n) is 2.77. The lowest BCUT2D eigenvalue weighted by Crippen LogP contribution is -2.11. The normalized spacial score (nSPS) is 19.5. The zero-order valence-electron chi connectivity index (χ0n) is 8.51. The van der Waals surface area contributed by atoms with Gasteiger partial charge in [0.1, 0.15) is 0 Å². The summed E-state index contributed by atoms with van der Waals surface area (Å²) in [4.78, 5) is 0. The van der Waals surface area contributed by atoms with E-state index >= 15 is 0 Å². The Morgan fingerprint density at radius 3 is 2.58 bits per heavy atom. The molecular weight excluding hydrogens is 144 g/mol. The fourth-order valence-corrected chi connectivity index (χ4v) is 2.09. The van der Waals surface area contributed by atoms with Gasteiger partial charge in [-0.2, -0.15) is 0 Å². The van der Waals surface area contributed by atoms with Crippen LogP contribution in [0.25, 0.3) is 0 Å². The van der Waals surface area contributed by atoms with Crippen molar-refractivity contribution in [2.24, 2.45) is 11.8 Å². The average molecular weight is 164 g/mol. The van der Waals surface area contributed by atoms with E-state index in [9.17, 15) is 0 Å². The van der Waals surface area contributed by atoms with Crippen LogP contribution < -0.4 is 0 Å². The smallest absolute Gasteiger partial charge is 0.0180 e. The molecule has 1 atom stereocenters. The van der Waals surface area contributed by atoms with E-state index in [1.165, 1.54) is 19.3 Å². The molecule has 0 radical (unpaired) electrons. The summed E-state index contributed by atoms with van der Waals surface area (Å²) in [6.45, 7) is 6.95. The minimum atomic E-state index is 0.799. The largest absolute Gasteiger partial charge is 0.0842 e. The van der Waals surface area contributed by atoms with Gasteiger partial charge >= 0.3 is 0 Å². The highest BCUT2D eigenvalue weighted by atomic mass is 14.2. The van der Waals surface area contributed by atoms with Gasteiger partial charge in [0.25, 0.3) is 0 Å². The minimum Gasteiger partial charge on any atom is -0.0842 e. The second-order valence-corrected chi connectivity index (χ2v) is 3.97. The van der Waals surface area contributed by atoms with Crippen LogP contribution in [0.4, 0.5) is 0 Å². The van der Waals surface area contributed by atoms with E-state index in [1.807, 2.05) is 0 Å². The van der Waals surface area contributed by atoms with Crippen molar-refractivity contribution >= 4 is 0 Å². The third-order valence-corrected chi connectivity index (χ3v) is 2.77. The van der Waals surface area contributed by atoms with E-state index in [0.717, 1.165) is 11.8 Å². The Morgan fingerprint density at radius 1 is 1.42 bits per heavy atom. The SMILES string of the molecule is CCC(C1=CC=CCC1)C(C)C. The van der Waals surface area contributed by atoms with Gasteiger partial charge in [0.15, 0.2) is 0 Å². The molecule has 1 aliphatic rings. The zero-order chi connectivity index (χ0) is 8.97. The molecule has 68 valence electrons. The maximum atomic E-state index is 2.33. The molecule has 0 spiro atoms. The van der Waals surface area contributed by atoms with Gasteiger partial charge in [-0.25, -0.2) is 0 Å². The molecule has 1 aliphatic carbocycles. The van der Waals surface area contributed by atoms with E-state index in [1.54, 1.807) is 5.57 Å². The molecule has 0 saturated heterocycles. The molecule has 0 aromatic rings. The Labute approximate surface area is 76.4 Å². The van der Waals surface area contributed by atoms with E-state index in [-0.39, 0.29) is 0 Å². The van der Waals surface area contributed by atoms with Gasteiger partial charge in [-0.1, -0.05) is 44.6 Å². The Kier molecular flexibility index (Phi) is 3.58. The fraction of sp³-hybridized carbons (Fsp3) is 0.667. The van der Waals surface area contributed by atoms with Crippen LogP contribution in [-0.4, -0.2) is 0 Å². The summed E-state index contributed by atoms with van der Waals surface area (Å²) >= 11 is 0. The van der Waals surface area contributed by atoms with Crippen LogP contribution >= 0.6 is 0 Å². The van der Waals surface area contributed by atoms with Crippen LogP contribution in [-0.2, 0) is 0 Å². The van der Waals surface area contributed by atoms with Crippen LogP contribution in [0.15, 0.2) is 23.8 Å². The Morgan fingerprint density at radius 2 is 2.17 bits per heavy atom. The zero-order valence-corrected chi connectivity index (χ0v) is 8.51. The molecule has 1 rings (SSSR count).